The van der Waals surface area contributed by atoms with Gasteiger partial charge in [0.1, 0.15) is 6.29 Å². The van der Waals surface area contributed by atoms with E-state index in [0.717, 1.165) is 25.7 Å². The van der Waals surface area contributed by atoms with Crippen molar-refractivity contribution in [2.45, 2.75) is 71.0 Å². The van der Waals surface area contributed by atoms with Crippen molar-refractivity contribution in [3.8, 4) is 0 Å². The number of aldehydes is 1. The molecule has 0 unspecified atom stereocenters. The summed E-state index contributed by atoms with van der Waals surface area (Å²) in [4.78, 5) is 21.6. The Kier molecular flexibility index (Phi) is 8.90. The van der Waals surface area contributed by atoms with Crippen LogP contribution in [0.5, 0.6) is 0 Å². The average Bonchev–Trinajstić information content (AvgIpc) is 2.32. The lowest BCUT2D eigenvalue weighted by Crippen LogP contribution is -2.40. The van der Waals surface area contributed by atoms with Gasteiger partial charge in [0.15, 0.2) is 14.1 Å². The van der Waals surface area contributed by atoms with Gasteiger partial charge in [-0.1, -0.05) is 26.8 Å². The summed E-state index contributed by atoms with van der Waals surface area (Å²) in [5.74, 6) is 0.142. The SMILES string of the molecule is CC(C)(C)[Si](C)(C)OCCCCC(=O)/C=C/CCC=O. The third-order valence-electron chi connectivity index (χ3n) is 3.84. The largest absolute Gasteiger partial charge is 0.417 e. The number of unbranched alkanes of at least 4 members (excludes halogenated alkanes) is 2. The van der Waals surface area contributed by atoms with Crippen LogP contribution in [0.1, 0.15) is 52.9 Å². The molecular weight excluding hydrogens is 268 g/mol. The van der Waals surface area contributed by atoms with E-state index < -0.39 is 8.32 Å². The summed E-state index contributed by atoms with van der Waals surface area (Å²) in [6.07, 6.45) is 7.76. The summed E-state index contributed by atoms with van der Waals surface area (Å²) in [7, 11) is -1.64. The van der Waals surface area contributed by atoms with Gasteiger partial charge in [0, 0.05) is 19.4 Å². The smallest absolute Gasteiger partial charge is 0.191 e. The maximum Gasteiger partial charge on any atom is 0.191 e. The van der Waals surface area contributed by atoms with Gasteiger partial charge in [-0.05, 0) is 43.5 Å². The maximum absolute atomic E-state index is 11.5. The molecule has 0 aromatic rings. The zero-order chi connectivity index (χ0) is 15.6. The Bertz CT molecular complexity index is 327. The standard InChI is InChI=1S/C16H30O3Si/c1-16(2,3)20(4,5)19-14-10-8-12-15(18)11-7-6-9-13-17/h7,11,13H,6,8-10,12,14H2,1-5H3/b11-7+. The highest BCUT2D eigenvalue weighted by atomic mass is 28.4. The minimum Gasteiger partial charge on any atom is -0.417 e. The summed E-state index contributed by atoms with van der Waals surface area (Å²) >= 11 is 0. The van der Waals surface area contributed by atoms with E-state index >= 15 is 0 Å². The molecule has 0 bridgehead atoms. The quantitative estimate of drug-likeness (QED) is 0.262. The molecule has 0 saturated heterocycles. The van der Waals surface area contributed by atoms with Crippen LogP contribution in [-0.2, 0) is 14.0 Å². The molecule has 0 amide bonds. The van der Waals surface area contributed by atoms with Gasteiger partial charge < -0.3 is 9.22 Å². The Morgan fingerprint density at radius 3 is 2.35 bits per heavy atom. The minimum atomic E-state index is -1.64. The Balaban J connectivity index is 3.74. The Morgan fingerprint density at radius 2 is 1.80 bits per heavy atom. The summed E-state index contributed by atoms with van der Waals surface area (Å²) in [5.41, 5.74) is 0. The molecule has 0 aliphatic rings. The van der Waals surface area contributed by atoms with E-state index in [1.165, 1.54) is 0 Å². The predicted octanol–water partition coefficient (Wildman–Crippen LogP) is 4.28. The minimum absolute atomic E-state index is 0.142. The first-order valence-corrected chi connectivity index (χ1v) is 10.4. The van der Waals surface area contributed by atoms with E-state index in [-0.39, 0.29) is 10.8 Å². The van der Waals surface area contributed by atoms with Crippen LogP contribution >= 0.6 is 0 Å². The third kappa shape index (κ3) is 8.43. The molecule has 0 saturated carbocycles. The van der Waals surface area contributed by atoms with Crippen LogP contribution in [0, 0.1) is 0 Å². The predicted molar refractivity (Wildman–Crippen MR) is 86.4 cm³/mol. The molecule has 3 nitrogen and oxygen atoms in total. The van der Waals surface area contributed by atoms with Crippen LogP contribution in [0.2, 0.25) is 18.1 Å². The van der Waals surface area contributed by atoms with Gasteiger partial charge in [0.25, 0.3) is 0 Å². The first kappa shape index (κ1) is 19.3. The van der Waals surface area contributed by atoms with Crippen LogP contribution in [0.4, 0.5) is 0 Å². The van der Waals surface area contributed by atoms with Crippen LogP contribution in [0.25, 0.3) is 0 Å². The molecule has 20 heavy (non-hydrogen) atoms. The Hall–Kier alpha value is -0.743. The maximum atomic E-state index is 11.5. The van der Waals surface area contributed by atoms with Gasteiger partial charge in [-0.2, -0.15) is 0 Å². The third-order valence-corrected chi connectivity index (χ3v) is 8.38. The van der Waals surface area contributed by atoms with Gasteiger partial charge in [-0.3, -0.25) is 4.79 Å². The fraction of sp³-hybridized carbons (Fsp3) is 0.750. The van der Waals surface area contributed by atoms with Crippen molar-refractivity contribution in [1.29, 1.82) is 0 Å². The lowest BCUT2D eigenvalue weighted by atomic mass is 10.1. The second-order valence-corrected chi connectivity index (χ2v) is 11.5. The van der Waals surface area contributed by atoms with E-state index in [1.807, 2.05) is 0 Å². The second kappa shape index (κ2) is 9.24. The number of hydrogen-bond donors (Lipinski definition) is 0. The summed E-state index contributed by atoms with van der Waals surface area (Å²) in [6.45, 7) is 11.9. The van der Waals surface area contributed by atoms with Gasteiger partial charge in [-0.15, -0.1) is 0 Å². The summed E-state index contributed by atoms with van der Waals surface area (Å²) in [5, 5.41) is 0.240. The summed E-state index contributed by atoms with van der Waals surface area (Å²) < 4.78 is 6.06. The van der Waals surface area contributed by atoms with Crippen molar-refractivity contribution in [2.75, 3.05) is 6.61 Å². The Labute approximate surface area is 124 Å². The number of hydrogen-bond acceptors (Lipinski definition) is 3. The zero-order valence-corrected chi connectivity index (χ0v) is 14.7. The van der Waals surface area contributed by atoms with Crippen LogP contribution in [-0.4, -0.2) is 27.0 Å². The molecule has 116 valence electrons. The van der Waals surface area contributed by atoms with Crippen molar-refractivity contribution in [3.63, 3.8) is 0 Å². The topological polar surface area (TPSA) is 43.4 Å². The van der Waals surface area contributed by atoms with E-state index in [1.54, 1.807) is 12.2 Å². The van der Waals surface area contributed by atoms with Crippen molar-refractivity contribution in [2.24, 2.45) is 0 Å². The molecule has 0 aromatic carbocycles. The molecule has 0 aromatic heterocycles. The summed E-state index contributed by atoms with van der Waals surface area (Å²) in [6, 6.07) is 0. The number of rotatable bonds is 10. The molecule has 0 aliphatic carbocycles. The van der Waals surface area contributed by atoms with Crippen molar-refractivity contribution in [1.82, 2.24) is 0 Å². The molecule has 0 rings (SSSR count). The van der Waals surface area contributed by atoms with Crippen molar-refractivity contribution >= 4 is 20.4 Å². The molecule has 0 aliphatic heterocycles. The van der Waals surface area contributed by atoms with Gasteiger partial charge in [0.05, 0.1) is 0 Å². The van der Waals surface area contributed by atoms with Crippen molar-refractivity contribution < 1.29 is 14.0 Å². The number of carbonyl (C=O) groups is 2. The first-order valence-electron chi connectivity index (χ1n) is 7.47. The van der Waals surface area contributed by atoms with Gasteiger partial charge in [0.2, 0.25) is 0 Å². The van der Waals surface area contributed by atoms with Crippen LogP contribution in [0.15, 0.2) is 12.2 Å². The molecule has 4 heteroatoms. The molecule has 0 atom stereocenters. The second-order valence-electron chi connectivity index (χ2n) is 6.68. The fourth-order valence-corrected chi connectivity index (χ4v) is 2.50. The molecule has 0 N–H and O–H groups in total. The number of ketones is 1. The molecule has 0 heterocycles. The van der Waals surface area contributed by atoms with Crippen LogP contribution in [0.3, 0.4) is 0 Å². The average molecular weight is 298 g/mol. The molecular formula is C16H30O3Si. The van der Waals surface area contributed by atoms with E-state index in [0.29, 0.717) is 19.3 Å². The first-order chi connectivity index (χ1) is 9.20. The zero-order valence-electron chi connectivity index (χ0n) is 13.7. The fourth-order valence-electron chi connectivity index (χ4n) is 1.41. The highest BCUT2D eigenvalue weighted by molar-refractivity contribution is 6.74. The van der Waals surface area contributed by atoms with Crippen LogP contribution < -0.4 is 0 Å². The molecule has 0 spiro atoms. The van der Waals surface area contributed by atoms with Gasteiger partial charge >= 0.3 is 0 Å². The van der Waals surface area contributed by atoms with Gasteiger partial charge in [-0.25, -0.2) is 0 Å². The van der Waals surface area contributed by atoms with Crippen molar-refractivity contribution in [3.05, 3.63) is 12.2 Å². The number of carbonyl (C=O) groups excluding carboxylic acids is 2. The Morgan fingerprint density at radius 1 is 1.15 bits per heavy atom. The molecule has 0 radical (unpaired) electrons. The monoisotopic (exact) mass is 298 g/mol. The highest BCUT2D eigenvalue weighted by Gasteiger charge is 2.36. The number of allylic oxidation sites excluding steroid dienone is 2. The highest BCUT2D eigenvalue weighted by Crippen LogP contribution is 2.36. The van der Waals surface area contributed by atoms with E-state index in [4.69, 9.17) is 4.43 Å². The van der Waals surface area contributed by atoms with E-state index in [9.17, 15) is 9.59 Å². The lowest BCUT2D eigenvalue weighted by molar-refractivity contribution is -0.114. The lowest BCUT2D eigenvalue weighted by Gasteiger charge is -2.36. The normalized spacial score (nSPS) is 12.8. The molecule has 0 fully saturated rings. The van der Waals surface area contributed by atoms with E-state index in [2.05, 4.69) is 33.9 Å².